The minimum absolute atomic E-state index is 0.101. The van der Waals surface area contributed by atoms with E-state index < -0.39 is 12.6 Å². The van der Waals surface area contributed by atoms with Gasteiger partial charge in [0.05, 0.1) is 0 Å². The van der Waals surface area contributed by atoms with Gasteiger partial charge in [-0.1, -0.05) is 12.1 Å². The second kappa shape index (κ2) is 9.45. The number of carbonyl (C=O) groups excluding carboxylic acids is 1. The fourth-order valence-corrected chi connectivity index (χ4v) is 2.78. The molecule has 5 nitrogen and oxygen atoms in total. The molecule has 2 rings (SSSR count). The maximum atomic E-state index is 12.1. The molecule has 0 atom stereocenters. The highest BCUT2D eigenvalue weighted by molar-refractivity contribution is 5.95. The summed E-state index contributed by atoms with van der Waals surface area (Å²) in [6.45, 7) is 1.74. The number of amides is 1. The van der Waals surface area contributed by atoms with Gasteiger partial charge in [0.25, 0.3) is 0 Å². The van der Waals surface area contributed by atoms with Crippen molar-refractivity contribution in [1.82, 2.24) is 10.6 Å². The molecule has 0 aliphatic carbocycles. The second-order valence-electron chi connectivity index (χ2n) is 6.24. The quantitative estimate of drug-likeness (QED) is 0.440. The van der Waals surface area contributed by atoms with Crippen molar-refractivity contribution in [3.05, 3.63) is 29.8 Å². The Hall–Kier alpha value is -2.25. The second-order valence-corrected chi connectivity index (χ2v) is 6.24. The minimum atomic E-state index is -4.09. The molecule has 1 saturated heterocycles. The molecule has 0 unspecified atom stereocenters. The van der Waals surface area contributed by atoms with Crippen LogP contribution in [0.15, 0.2) is 29.3 Å². The maximum Gasteiger partial charge on any atom is 0.389 e. The van der Waals surface area contributed by atoms with Gasteiger partial charge in [0, 0.05) is 45.2 Å². The number of carbonyl (C=O) groups is 1. The van der Waals surface area contributed by atoms with E-state index in [1.165, 1.54) is 0 Å². The Kier molecular flexibility index (Phi) is 7.29. The Morgan fingerprint density at radius 3 is 2.50 bits per heavy atom. The van der Waals surface area contributed by atoms with E-state index in [1.54, 1.807) is 11.9 Å². The average molecular weight is 370 g/mol. The molecule has 1 aliphatic rings. The molecule has 144 valence electrons. The lowest BCUT2D eigenvalue weighted by Crippen LogP contribution is -2.37. The number of nitrogens with one attached hydrogen (secondary N) is 2. The van der Waals surface area contributed by atoms with Crippen LogP contribution in [0.2, 0.25) is 0 Å². The highest BCUT2D eigenvalue weighted by atomic mass is 19.4. The summed E-state index contributed by atoms with van der Waals surface area (Å²) in [6, 6.07) is 7.75. The van der Waals surface area contributed by atoms with E-state index >= 15 is 0 Å². The lowest BCUT2D eigenvalue weighted by molar-refractivity contribution is -0.135. The summed E-state index contributed by atoms with van der Waals surface area (Å²) in [5, 5.41) is 6.13. The first-order valence-corrected chi connectivity index (χ1v) is 8.79. The van der Waals surface area contributed by atoms with Gasteiger partial charge in [-0.05, 0) is 37.0 Å². The number of halogens is 3. The summed E-state index contributed by atoms with van der Waals surface area (Å²) in [4.78, 5) is 17.6. The largest absolute Gasteiger partial charge is 0.389 e. The smallest absolute Gasteiger partial charge is 0.356 e. The van der Waals surface area contributed by atoms with Gasteiger partial charge < -0.3 is 15.5 Å². The van der Waals surface area contributed by atoms with E-state index in [0.29, 0.717) is 31.9 Å². The van der Waals surface area contributed by atoms with Crippen molar-refractivity contribution >= 4 is 17.6 Å². The summed E-state index contributed by atoms with van der Waals surface area (Å²) in [5.41, 5.74) is 1.93. The molecule has 0 bridgehead atoms. The number of hydrogen-bond donors (Lipinski definition) is 2. The molecular weight excluding hydrogens is 345 g/mol. The van der Waals surface area contributed by atoms with Gasteiger partial charge in [-0.3, -0.25) is 9.79 Å². The molecule has 1 aromatic rings. The van der Waals surface area contributed by atoms with Gasteiger partial charge in [0.1, 0.15) is 0 Å². The van der Waals surface area contributed by atoms with Crippen molar-refractivity contribution < 1.29 is 18.0 Å². The van der Waals surface area contributed by atoms with E-state index in [0.717, 1.165) is 24.2 Å². The molecule has 1 fully saturated rings. The molecule has 1 aromatic carbocycles. The number of guanidine groups is 1. The van der Waals surface area contributed by atoms with Crippen molar-refractivity contribution in [2.45, 2.75) is 44.8 Å². The van der Waals surface area contributed by atoms with Crippen LogP contribution in [0.4, 0.5) is 18.9 Å². The Morgan fingerprint density at radius 2 is 1.92 bits per heavy atom. The monoisotopic (exact) mass is 370 g/mol. The number of alkyl halides is 3. The number of aliphatic imine (C=N–C) groups is 1. The van der Waals surface area contributed by atoms with Crippen LogP contribution in [-0.2, 0) is 11.3 Å². The van der Waals surface area contributed by atoms with Crippen LogP contribution in [0.1, 0.15) is 37.7 Å². The molecule has 8 heteroatoms. The van der Waals surface area contributed by atoms with Crippen molar-refractivity contribution in [2.75, 3.05) is 25.0 Å². The van der Waals surface area contributed by atoms with Gasteiger partial charge in [0.2, 0.25) is 5.91 Å². The first-order chi connectivity index (χ1) is 12.4. The van der Waals surface area contributed by atoms with E-state index in [4.69, 9.17) is 0 Å². The number of hydrogen-bond acceptors (Lipinski definition) is 2. The van der Waals surface area contributed by atoms with Crippen LogP contribution in [0.25, 0.3) is 0 Å². The van der Waals surface area contributed by atoms with E-state index in [2.05, 4.69) is 15.6 Å². The zero-order valence-electron chi connectivity index (χ0n) is 14.9. The SMILES string of the molecule is CN=C(NCCCCC(F)(F)F)NCc1ccc(N2CCCC2=O)cc1. The van der Waals surface area contributed by atoms with E-state index in [-0.39, 0.29) is 12.3 Å². The highest BCUT2D eigenvalue weighted by Gasteiger charge is 2.25. The Balaban J connectivity index is 1.71. The molecule has 0 saturated carbocycles. The summed E-state index contributed by atoms with van der Waals surface area (Å²) in [7, 11) is 1.62. The topological polar surface area (TPSA) is 56.7 Å². The predicted molar refractivity (Wildman–Crippen MR) is 96.1 cm³/mol. The molecule has 26 heavy (non-hydrogen) atoms. The Morgan fingerprint density at radius 1 is 1.19 bits per heavy atom. The lowest BCUT2D eigenvalue weighted by Gasteiger charge is -2.16. The predicted octanol–water partition coefficient (Wildman–Crippen LogP) is 3.21. The van der Waals surface area contributed by atoms with Gasteiger partial charge in [-0.15, -0.1) is 0 Å². The zero-order chi connectivity index (χ0) is 19.0. The molecule has 2 N–H and O–H groups in total. The number of unbranched alkanes of at least 4 members (excludes halogenated alkanes) is 1. The van der Waals surface area contributed by atoms with E-state index in [1.807, 2.05) is 24.3 Å². The summed E-state index contributed by atoms with van der Waals surface area (Å²) in [5.74, 6) is 0.710. The normalized spacial score (nSPS) is 15.5. The van der Waals surface area contributed by atoms with Crippen molar-refractivity contribution in [3.63, 3.8) is 0 Å². The van der Waals surface area contributed by atoms with Crippen molar-refractivity contribution in [2.24, 2.45) is 4.99 Å². The van der Waals surface area contributed by atoms with E-state index in [9.17, 15) is 18.0 Å². The average Bonchev–Trinajstić information content (AvgIpc) is 3.03. The fraction of sp³-hybridized carbons (Fsp3) is 0.556. The maximum absolute atomic E-state index is 12.1. The summed E-state index contributed by atoms with van der Waals surface area (Å²) >= 11 is 0. The standard InChI is InChI=1S/C18H25F3N4O/c1-22-17(23-11-3-2-10-18(19,20)21)24-13-14-6-8-15(9-7-14)25-12-4-5-16(25)26/h6-9H,2-5,10-13H2,1H3,(H2,22,23,24). The third-order valence-electron chi connectivity index (χ3n) is 4.18. The molecule has 1 aliphatic heterocycles. The fourth-order valence-electron chi connectivity index (χ4n) is 2.78. The first kappa shape index (κ1) is 20.1. The summed E-state index contributed by atoms with van der Waals surface area (Å²) < 4.78 is 36.3. The number of rotatable bonds is 7. The molecule has 0 aromatic heterocycles. The highest BCUT2D eigenvalue weighted by Crippen LogP contribution is 2.22. The van der Waals surface area contributed by atoms with Crippen LogP contribution < -0.4 is 15.5 Å². The van der Waals surface area contributed by atoms with Crippen LogP contribution in [0.5, 0.6) is 0 Å². The van der Waals surface area contributed by atoms with Crippen LogP contribution in [0, 0.1) is 0 Å². The van der Waals surface area contributed by atoms with Crippen LogP contribution in [0.3, 0.4) is 0 Å². The van der Waals surface area contributed by atoms with Crippen molar-refractivity contribution in [1.29, 1.82) is 0 Å². The van der Waals surface area contributed by atoms with Crippen LogP contribution in [-0.4, -0.2) is 38.2 Å². The Labute approximate surface area is 151 Å². The number of anilines is 1. The van der Waals surface area contributed by atoms with Crippen molar-refractivity contribution in [3.8, 4) is 0 Å². The molecule has 1 heterocycles. The Bertz CT molecular complexity index is 614. The third kappa shape index (κ3) is 6.57. The number of benzene rings is 1. The lowest BCUT2D eigenvalue weighted by atomic mass is 10.2. The van der Waals surface area contributed by atoms with Gasteiger partial charge in [-0.2, -0.15) is 13.2 Å². The molecule has 0 spiro atoms. The van der Waals surface area contributed by atoms with Gasteiger partial charge in [0.15, 0.2) is 5.96 Å². The first-order valence-electron chi connectivity index (χ1n) is 8.79. The van der Waals surface area contributed by atoms with Gasteiger partial charge >= 0.3 is 6.18 Å². The number of nitrogens with zero attached hydrogens (tertiary/aromatic N) is 2. The summed E-state index contributed by atoms with van der Waals surface area (Å²) in [6.07, 6.45) is -2.82. The molecule has 0 radical (unpaired) electrons. The zero-order valence-corrected chi connectivity index (χ0v) is 14.9. The third-order valence-corrected chi connectivity index (χ3v) is 4.18. The minimum Gasteiger partial charge on any atom is -0.356 e. The molecule has 1 amide bonds. The van der Waals surface area contributed by atoms with Gasteiger partial charge in [-0.25, -0.2) is 0 Å². The molecular formula is C18H25F3N4O. The van der Waals surface area contributed by atoms with Crippen LogP contribution >= 0.6 is 0 Å².